The van der Waals surface area contributed by atoms with Gasteiger partial charge in [-0.15, -0.1) is 0 Å². The molecule has 2 N–H and O–H groups in total. The summed E-state index contributed by atoms with van der Waals surface area (Å²) in [6, 6.07) is 0.806. The molecule has 0 saturated heterocycles. The van der Waals surface area contributed by atoms with Crippen molar-refractivity contribution in [2.24, 2.45) is 0 Å². The van der Waals surface area contributed by atoms with Gasteiger partial charge in [-0.05, 0) is 40.8 Å². The van der Waals surface area contributed by atoms with Crippen LogP contribution in [0.15, 0.2) is 0 Å². The standard InChI is InChI=1S/C16H32N4O2/c1-13(2)18-16(22)12-19(3)11-15(21)17-9-10-20(4)14-7-5-6-8-14/h13-14H,5-12H2,1-4H3,(H,17,21)(H,18,22). The molecule has 1 saturated carbocycles. The highest BCUT2D eigenvalue weighted by Crippen LogP contribution is 2.21. The minimum atomic E-state index is -0.0498. The first-order chi connectivity index (χ1) is 10.4. The molecule has 0 aromatic rings. The van der Waals surface area contributed by atoms with E-state index in [0.717, 1.165) is 6.54 Å². The molecule has 2 amide bonds. The molecular weight excluding hydrogens is 280 g/mol. The van der Waals surface area contributed by atoms with Crippen LogP contribution in [0.3, 0.4) is 0 Å². The normalized spacial score (nSPS) is 15.8. The summed E-state index contributed by atoms with van der Waals surface area (Å²) in [6.45, 7) is 5.88. The Morgan fingerprint density at radius 3 is 2.27 bits per heavy atom. The highest BCUT2D eigenvalue weighted by Gasteiger charge is 2.19. The van der Waals surface area contributed by atoms with Crippen LogP contribution in [0.2, 0.25) is 0 Å². The number of carbonyl (C=O) groups is 2. The van der Waals surface area contributed by atoms with Gasteiger partial charge in [0.05, 0.1) is 13.1 Å². The van der Waals surface area contributed by atoms with Crippen LogP contribution in [-0.4, -0.2) is 74.0 Å². The Morgan fingerprint density at radius 2 is 1.68 bits per heavy atom. The molecule has 6 nitrogen and oxygen atoms in total. The van der Waals surface area contributed by atoms with E-state index in [1.165, 1.54) is 25.7 Å². The van der Waals surface area contributed by atoms with Crippen molar-refractivity contribution in [3.8, 4) is 0 Å². The molecular formula is C16H32N4O2. The van der Waals surface area contributed by atoms with Crippen LogP contribution in [0.5, 0.6) is 0 Å². The van der Waals surface area contributed by atoms with Gasteiger partial charge in [-0.3, -0.25) is 14.5 Å². The van der Waals surface area contributed by atoms with Gasteiger partial charge < -0.3 is 15.5 Å². The molecule has 0 unspecified atom stereocenters. The van der Waals surface area contributed by atoms with Crippen LogP contribution in [0, 0.1) is 0 Å². The quantitative estimate of drug-likeness (QED) is 0.648. The molecule has 0 bridgehead atoms. The van der Waals surface area contributed by atoms with E-state index >= 15 is 0 Å². The third kappa shape index (κ3) is 7.75. The molecule has 0 atom stereocenters. The van der Waals surface area contributed by atoms with E-state index in [4.69, 9.17) is 0 Å². The second-order valence-electron chi connectivity index (χ2n) is 6.66. The topological polar surface area (TPSA) is 64.7 Å². The van der Waals surface area contributed by atoms with Crippen molar-refractivity contribution >= 4 is 11.8 Å². The minimum Gasteiger partial charge on any atom is -0.354 e. The molecule has 1 aliphatic rings. The first kappa shape index (κ1) is 18.9. The molecule has 22 heavy (non-hydrogen) atoms. The van der Waals surface area contributed by atoms with E-state index in [1.807, 2.05) is 13.8 Å². The largest absolute Gasteiger partial charge is 0.354 e. The molecule has 0 radical (unpaired) electrons. The van der Waals surface area contributed by atoms with Crippen LogP contribution in [0.4, 0.5) is 0 Å². The fraction of sp³-hybridized carbons (Fsp3) is 0.875. The fourth-order valence-corrected chi connectivity index (χ4v) is 2.87. The highest BCUT2D eigenvalue weighted by molar-refractivity contribution is 5.81. The Kier molecular flexibility index (Phi) is 8.42. The van der Waals surface area contributed by atoms with Crippen molar-refractivity contribution in [3.05, 3.63) is 0 Å². The zero-order valence-electron chi connectivity index (χ0n) is 14.5. The predicted molar refractivity (Wildman–Crippen MR) is 88.7 cm³/mol. The maximum absolute atomic E-state index is 11.9. The molecule has 6 heteroatoms. The zero-order valence-corrected chi connectivity index (χ0v) is 14.5. The molecule has 128 valence electrons. The average molecular weight is 312 g/mol. The summed E-state index contributed by atoms with van der Waals surface area (Å²) >= 11 is 0. The maximum Gasteiger partial charge on any atom is 0.234 e. The van der Waals surface area contributed by atoms with Gasteiger partial charge in [0, 0.05) is 25.2 Å². The lowest BCUT2D eigenvalue weighted by Crippen LogP contribution is -2.44. The summed E-state index contributed by atoms with van der Waals surface area (Å²) in [6.07, 6.45) is 5.20. The monoisotopic (exact) mass is 312 g/mol. The Bertz CT molecular complexity index is 354. The van der Waals surface area contributed by atoms with Crippen LogP contribution in [-0.2, 0) is 9.59 Å². The van der Waals surface area contributed by atoms with E-state index in [1.54, 1.807) is 11.9 Å². The molecule has 0 aromatic heterocycles. The van der Waals surface area contributed by atoms with Crippen LogP contribution in [0.25, 0.3) is 0 Å². The van der Waals surface area contributed by atoms with E-state index in [9.17, 15) is 9.59 Å². The Hall–Kier alpha value is -1.14. The van der Waals surface area contributed by atoms with Crippen molar-refractivity contribution < 1.29 is 9.59 Å². The van der Waals surface area contributed by atoms with E-state index in [-0.39, 0.29) is 30.9 Å². The summed E-state index contributed by atoms with van der Waals surface area (Å²) in [7, 11) is 3.91. The molecule has 0 aromatic carbocycles. The van der Waals surface area contributed by atoms with Gasteiger partial charge in [0.1, 0.15) is 0 Å². The van der Waals surface area contributed by atoms with Gasteiger partial charge in [-0.25, -0.2) is 0 Å². The number of hydrogen-bond acceptors (Lipinski definition) is 4. The predicted octanol–water partition coefficient (Wildman–Crippen LogP) is 0.433. The molecule has 0 spiro atoms. The van der Waals surface area contributed by atoms with Crippen LogP contribution >= 0.6 is 0 Å². The average Bonchev–Trinajstić information content (AvgIpc) is 2.90. The second-order valence-corrected chi connectivity index (χ2v) is 6.66. The van der Waals surface area contributed by atoms with Gasteiger partial charge >= 0.3 is 0 Å². The van der Waals surface area contributed by atoms with Gasteiger partial charge in [0.25, 0.3) is 0 Å². The van der Waals surface area contributed by atoms with Crippen molar-refractivity contribution in [2.45, 2.75) is 51.6 Å². The lowest BCUT2D eigenvalue weighted by Gasteiger charge is -2.24. The smallest absolute Gasteiger partial charge is 0.234 e. The Labute approximate surface area is 134 Å². The molecule has 0 aliphatic heterocycles. The zero-order chi connectivity index (χ0) is 16.5. The maximum atomic E-state index is 11.9. The first-order valence-electron chi connectivity index (χ1n) is 8.33. The highest BCUT2D eigenvalue weighted by atomic mass is 16.2. The SMILES string of the molecule is CC(C)NC(=O)CN(C)CC(=O)NCCN(C)C1CCCC1. The Morgan fingerprint density at radius 1 is 1.09 bits per heavy atom. The number of rotatable bonds is 9. The molecule has 1 aliphatic carbocycles. The number of amides is 2. The van der Waals surface area contributed by atoms with Crippen molar-refractivity contribution in [2.75, 3.05) is 40.3 Å². The summed E-state index contributed by atoms with van der Waals surface area (Å²) in [5.74, 6) is -0.0778. The molecule has 1 fully saturated rings. The molecule has 1 rings (SSSR count). The minimum absolute atomic E-state index is 0.0281. The third-order valence-corrected chi connectivity index (χ3v) is 4.01. The van der Waals surface area contributed by atoms with Crippen LogP contribution in [0.1, 0.15) is 39.5 Å². The number of nitrogens with zero attached hydrogens (tertiary/aromatic N) is 2. The summed E-state index contributed by atoms with van der Waals surface area (Å²) < 4.78 is 0. The van der Waals surface area contributed by atoms with Gasteiger partial charge in [-0.1, -0.05) is 12.8 Å². The van der Waals surface area contributed by atoms with Crippen molar-refractivity contribution in [3.63, 3.8) is 0 Å². The van der Waals surface area contributed by atoms with Gasteiger partial charge in [-0.2, -0.15) is 0 Å². The first-order valence-corrected chi connectivity index (χ1v) is 8.33. The molecule has 0 heterocycles. The lowest BCUT2D eigenvalue weighted by molar-refractivity contribution is -0.124. The second kappa shape index (κ2) is 9.79. The lowest BCUT2D eigenvalue weighted by atomic mass is 10.2. The van der Waals surface area contributed by atoms with Crippen LogP contribution < -0.4 is 10.6 Å². The Balaban J connectivity index is 2.12. The van der Waals surface area contributed by atoms with E-state index < -0.39 is 0 Å². The number of hydrogen-bond donors (Lipinski definition) is 2. The van der Waals surface area contributed by atoms with Gasteiger partial charge in [0.2, 0.25) is 11.8 Å². The summed E-state index contributed by atoms with van der Waals surface area (Å²) in [4.78, 5) is 27.5. The third-order valence-electron chi connectivity index (χ3n) is 4.01. The number of likely N-dealkylation sites (N-methyl/N-ethyl adjacent to an activating group) is 2. The fourth-order valence-electron chi connectivity index (χ4n) is 2.87. The number of carbonyl (C=O) groups excluding carboxylic acids is 2. The summed E-state index contributed by atoms with van der Waals surface area (Å²) in [5.41, 5.74) is 0. The van der Waals surface area contributed by atoms with E-state index in [2.05, 4.69) is 22.6 Å². The van der Waals surface area contributed by atoms with Crippen molar-refractivity contribution in [1.29, 1.82) is 0 Å². The van der Waals surface area contributed by atoms with E-state index in [0.29, 0.717) is 12.6 Å². The number of nitrogens with one attached hydrogen (secondary N) is 2. The van der Waals surface area contributed by atoms with Gasteiger partial charge in [0.15, 0.2) is 0 Å². The summed E-state index contributed by atoms with van der Waals surface area (Å²) in [5, 5.41) is 5.75. The van der Waals surface area contributed by atoms with Crippen molar-refractivity contribution in [1.82, 2.24) is 20.4 Å².